The number of aliphatic hydroxyl groups excluding tert-OH is 1. The molecule has 1 aromatic carbocycles. The van der Waals surface area contributed by atoms with Crippen molar-refractivity contribution < 1.29 is 24.5 Å². The van der Waals surface area contributed by atoms with E-state index in [1.807, 2.05) is 20.8 Å². The molecule has 10 nitrogen and oxygen atoms in total. The second-order valence-corrected chi connectivity index (χ2v) is 14.0. The van der Waals surface area contributed by atoms with Gasteiger partial charge in [0.2, 0.25) is 0 Å². The molecule has 1 atom stereocenters. The number of rotatable bonds is 8. The fourth-order valence-corrected chi connectivity index (χ4v) is 7.35. The van der Waals surface area contributed by atoms with Gasteiger partial charge in [-0.1, -0.05) is 17.4 Å². The summed E-state index contributed by atoms with van der Waals surface area (Å²) < 4.78 is 12.3. The number of phenols is 1. The van der Waals surface area contributed by atoms with E-state index < -0.39 is 17.8 Å². The Morgan fingerprint density at radius 1 is 1.29 bits per heavy atom. The highest BCUT2D eigenvalue weighted by molar-refractivity contribution is 7.16. The lowest BCUT2D eigenvalue weighted by Gasteiger charge is -2.44. The molecular formula is C29H40N4O6S2. The highest BCUT2D eigenvalue weighted by Crippen LogP contribution is 2.32. The number of amides is 1. The SMILES string of the molecule is CC(C)(C)OC(=O)N(CCc1csc(CN2CCC3(CC2)CNCCO3)c1)CC(O)c1ccc(O)c2[nH]c(=O)sc12. The van der Waals surface area contributed by atoms with Gasteiger partial charge in [-0.25, -0.2) is 4.79 Å². The third kappa shape index (κ3) is 7.49. The van der Waals surface area contributed by atoms with E-state index in [-0.39, 0.29) is 28.3 Å². The third-order valence-electron chi connectivity index (χ3n) is 7.65. The van der Waals surface area contributed by atoms with Gasteiger partial charge in [-0.2, -0.15) is 0 Å². The van der Waals surface area contributed by atoms with Crippen LogP contribution < -0.4 is 10.2 Å². The van der Waals surface area contributed by atoms with Crippen LogP contribution in [0.5, 0.6) is 5.75 Å². The number of benzene rings is 1. The molecule has 2 aromatic heterocycles. The van der Waals surface area contributed by atoms with E-state index in [4.69, 9.17) is 9.47 Å². The van der Waals surface area contributed by atoms with Gasteiger partial charge in [0.25, 0.3) is 0 Å². The maximum atomic E-state index is 13.1. The third-order valence-corrected chi connectivity index (χ3v) is 9.55. The summed E-state index contributed by atoms with van der Waals surface area (Å²) in [6.45, 7) is 11.4. The van der Waals surface area contributed by atoms with Gasteiger partial charge < -0.3 is 34.9 Å². The fourth-order valence-electron chi connectivity index (χ4n) is 5.46. The van der Waals surface area contributed by atoms with Crippen molar-refractivity contribution in [3.63, 3.8) is 0 Å². The highest BCUT2D eigenvalue weighted by Gasteiger charge is 2.37. The van der Waals surface area contributed by atoms with Gasteiger partial charge >= 0.3 is 11.0 Å². The highest BCUT2D eigenvalue weighted by atomic mass is 32.1. The molecule has 5 rings (SSSR count). The number of ether oxygens (including phenoxy) is 2. The number of carbonyl (C=O) groups is 1. The van der Waals surface area contributed by atoms with E-state index in [1.165, 1.54) is 15.8 Å². The molecule has 224 valence electrons. The Morgan fingerprint density at radius 3 is 2.78 bits per heavy atom. The van der Waals surface area contributed by atoms with Crippen LogP contribution in [0.3, 0.4) is 0 Å². The lowest BCUT2D eigenvalue weighted by atomic mass is 9.90. The summed E-state index contributed by atoms with van der Waals surface area (Å²) in [6, 6.07) is 5.23. The number of nitrogens with one attached hydrogen (secondary N) is 2. The smallest absolute Gasteiger partial charge is 0.410 e. The zero-order chi connectivity index (χ0) is 29.2. The number of likely N-dealkylation sites (tertiary alicyclic amines) is 1. The van der Waals surface area contributed by atoms with Gasteiger partial charge in [0.05, 0.1) is 29.6 Å². The number of phenolic OH excluding ortho intramolecular Hbond substituents is 1. The van der Waals surface area contributed by atoms with Crippen molar-refractivity contribution in [2.75, 3.05) is 45.9 Å². The molecule has 2 aliphatic rings. The minimum absolute atomic E-state index is 0.00398. The quantitative estimate of drug-likeness (QED) is 0.306. The minimum Gasteiger partial charge on any atom is -0.506 e. The van der Waals surface area contributed by atoms with E-state index in [2.05, 4.69) is 26.6 Å². The normalized spacial score (nSPS) is 18.5. The molecule has 1 amide bonds. The van der Waals surface area contributed by atoms with E-state index in [0.717, 1.165) is 69.1 Å². The lowest BCUT2D eigenvalue weighted by molar-refractivity contribution is -0.100. The summed E-state index contributed by atoms with van der Waals surface area (Å²) in [7, 11) is 0. The second-order valence-electron chi connectivity index (χ2n) is 12.0. The number of hydrogen-bond donors (Lipinski definition) is 4. The summed E-state index contributed by atoms with van der Waals surface area (Å²) in [5, 5.41) is 26.9. The zero-order valence-corrected chi connectivity index (χ0v) is 25.5. The Hall–Kier alpha value is -2.48. The maximum absolute atomic E-state index is 13.1. The number of aromatic amines is 1. The van der Waals surface area contributed by atoms with Crippen LogP contribution in [0, 0.1) is 0 Å². The molecule has 4 N–H and O–H groups in total. The maximum Gasteiger partial charge on any atom is 0.410 e. The molecule has 41 heavy (non-hydrogen) atoms. The zero-order valence-electron chi connectivity index (χ0n) is 23.9. The van der Waals surface area contributed by atoms with Crippen molar-refractivity contribution in [2.24, 2.45) is 0 Å². The van der Waals surface area contributed by atoms with E-state index >= 15 is 0 Å². The first-order valence-electron chi connectivity index (χ1n) is 14.1. The monoisotopic (exact) mass is 604 g/mol. The molecular weight excluding hydrogens is 564 g/mol. The van der Waals surface area contributed by atoms with Crippen molar-refractivity contribution in [3.8, 4) is 5.75 Å². The Labute approximate surface area is 247 Å². The average Bonchev–Trinajstić information content (AvgIpc) is 3.54. The van der Waals surface area contributed by atoms with Crippen molar-refractivity contribution in [1.82, 2.24) is 20.1 Å². The summed E-state index contributed by atoms with van der Waals surface area (Å²) in [5.41, 5.74) is 1.21. The van der Waals surface area contributed by atoms with Crippen LogP contribution in [0.4, 0.5) is 4.79 Å². The summed E-state index contributed by atoms with van der Waals surface area (Å²) in [5.74, 6) is -0.0602. The summed E-state index contributed by atoms with van der Waals surface area (Å²) in [4.78, 5) is 32.7. The summed E-state index contributed by atoms with van der Waals surface area (Å²) in [6.07, 6.45) is 1.12. The van der Waals surface area contributed by atoms with E-state index in [1.54, 1.807) is 17.4 Å². The average molecular weight is 605 g/mol. The lowest BCUT2D eigenvalue weighted by Crippen LogP contribution is -2.55. The van der Waals surface area contributed by atoms with Crippen LogP contribution in [0.1, 0.15) is 55.7 Å². The number of nitrogens with zero attached hydrogens (tertiary/aromatic N) is 2. The standard InChI is InChI=1S/C29H40N4O6S2/c1-28(2,3)39-27(37)33(16-23(35)21-4-5-22(34)24-25(21)41-26(36)31-24)10-6-19-14-20(40-17-19)15-32-11-7-29(8-12-32)18-30-9-13-38-29/h4-5,14,17,23,30,34-35H,6-13,15-16,18H2,1-3H3,(H,31,36). The first-order chi connectivity index (χ1) is 19.5. The van der Waals surface area contributed by atoms with Gasteiger partial charge in [-0.05, 0) is 63.1 Å². The predicted octanol–water partition coefficient (Wildman–Crippen LogP) is 3.82. The first-order valence-corrected chi connectivity index (χ1v) is 15.8. The molecule has 2 saturated heterocycles. The van der Waals surface area contributed by atoms with Gasteiger partial charge in [0.1, 0.15) is 16.9 Å². The molecule has 1 spiro atoms. The number of thiazole rings is 1. The molecule has 3 aromatic rings. The Morgan fingerprint density at radius 2 is 2.07 bits per heavy atom. The van der Waals surface area contributed by atoms with E-state index in [0.29, 0.717) is 23.2 Å². The number of piperidine rings is 1. The first kappa shape index (κ1) is 30.0. The molecule has 0 bridgehead atoms. The van der Waals surface area contributed by atoms with Gasteiger partial charge in [-0.15, -0.1) is 11.3 Å². The molecule has 0 aliphatic carbocycles. The topological polar surface area (TPSA) is 127 Å². The van der Waals surface area contributed by atoms with Crippen LogP contribution in [-0.4, -0.2) is 88.2 Å². The molecule has 0 saturated carbocycles. The second kappa shape index (κ2) is 12.4. The largest absolute Gasteiger partial charge is 0.506 e. The molecule has 2 aliphatic heterocycles. The molecule has 2 fully saturated rings. The number of morpholine rings is 1. The number of aliphatic hydroxyl groups is 1. The Kier molecular flexibility index (Phi) is 9.07. The number of aromatic hydroxyl groups is 1. The van der Waals surface area contributed by atoms with Crippen LogP contribution in [0.25, 0.3) is 10.2 Å². The van der Waals surface area contributed by atoms with Crippen molar-refractivity contribution in [3.05, 3.63) is 49.3 Å². The fraction of sp³-hybridized carbons (Fsp3) is 0.586. The molecule has 12 heteroatoms. The van der Waals surface area contributed by atoms with Gasteiger partial charge in [0, 0.05) is 49.7 Å². The number of hydrogen-bond acceptors (Lipinski definition) is 10. The van der Waals surface area contributed by atoms with Crippen molar-refractivity contribution in [2.45, 2.75) is 63.9 Å². The predicted molar refractivity (Wildman–Crippen MR) is 161 cm³/mol. The minimum atomic E-state index is -1.07. The number of H-pyrrole nitrogens is 1. The van der Waals surface area contributed by atoms with Gasteiger partial charge in [0.15, 0.2) is 0 Å². The molecule has 4 heterocycles. The van der Waals surface area contributed by atoms with Crippen LogP contribution in [0.2, 0.25) is 0 Å². The van der Waals surface area contributed by atoms with Crippen LogP contribution in [-0.2, 0) is 22.4 Å². The van der Waals surface area contributed by atoms with Crippen molar-refractivity contribution >= 4 is 39.0 Å². The molecule has 0 radical (unpaired) electrons. The summed E-state index contributed by atoms with van der Waals surface area (Å²) >= 11 is 2.65. The Balaban J connectivity index is 1.22. The molecule has 1 unspecified atom stereocenters. The Bertz CT molecular complexity index is 1390. The van der Waals surface area contributed by atoms with E-state index in [9.17, 15) is 19.8 Å². The number of aromatic nitrogens is 1. The van der Waals surface area contributed by atoms with Crippen molar-refractivity contribution in [1.29, 1.82) is 0 Å². The number of thiophene rings is 1. The van der Waals surface area contributed by atoms with Gasteiger partial charge in [-0.3, -0.25) is 9.69 Å². The number of fused-ring (bicyclic) bond motifs is 1. The number of carbonyl (C=O) groups excluding carboxylic acids is 1. The van der Waals surface area contributed by atoms with Crippen LogP contribution >= 0.6 is 22.7 Å². The van der Waals surface area contributed by atoms with Crippen LogP contribution in [0.15, 0.2) is 28.4 Å².